The molecule has 6 heteroatoms. The van der Waals surface area contributed by atoms with Crippen LogP contribution in [0.3, 0.4) is 0 Å². The van der Waals surface area contributed by atoms with Gasteiger partial charge in [0, 0.05) is 32.6 Å². The van der Waals surface area contributed by atoms with E-state index in [1.807, 2.05) is 35.2 Å². The zero-order valence-electron chi connectivity index (χ0n) is 14.8. The molecule has 0 spiro atoms. The number of carbonyl (C=O) groups excluding carboxylic acids is 2. The van der Waals surface area contributed by atoms with Gasteiger partial charge < -0.3 is 4.90 Å². The molecule has 1 aromatic carbocycles. The van der Waals surface area contributed by atoms with Crippen molar-refractivity contribution in [2.24, 2.45) is 0 Å². The Bertz CT molecular complexity index is 795. The summed E-state index contributed by atoms with van der Waals surface area (Å²) in [5, 5.41) is 1.04. The Balaban J connectivity index is 1.30. The number of ketones is 1. The second-order valence-corrected chi connectivity index (χ2v) is 8.06. The van der Waals surface area contributed by atoms with Crippen LogP contribution < -0.4 is 0 Å². The van der Waals surface area contributed by atoms with Gasteiger partial charge in [0.15, 0.2) is 5.78 Å². The molecule has 1 fully saturated rings. The third kappa shape index (κ3) is 3.86. The standard InChI is InChI=1S/C20H23N3O2S/c24-17-8-4-7-16-20(17)26-18(21-16)14-22-9-11-23(12-10-22)19(25)13-15-5-2-1-3-6-15/h1-3,5-6H,4,7-14H2. The predicted octanol–water partition coefficient (Wildman–Crippen LogP) is 2.55. The molecule has 1 aromatic heterocycles. The second kappa shape index (κ2) is 7.68. The Morgan fingerprint density at radius 2 is 1.85 bits per heavy atom. The fourth-order valence-corrected chi connectivity index (χ4v) is 4.73. The summed E-state index contributed by atoms with van der Waals surface area (Å²) in [4.78, 5) is 34.3. The Labute approximate surface area is 157 Å². The number of hydrogen-bond donors (Lipinski definition) is 0. The maximum atomic E-state index is 12.5. The molecule has 1 amide bonds. The van der Waals surface area contributed by atoms with E-state index in [1.54, 1.807) is 11.3 Å². The molecule has 1 saturated heterocycles. The van der Waals surface area contributed by atoms with Gasteiger partial charge in [0.05, 0.1) is 23.5 Å². The molecule has 1 aliphatic heterocycles. The van der Waals surface area contributed by atoms with Crippen molar-refractivity contribution < 1.29 is 9.59 Å². The summed E-state index contributed by atoms with van der Waals surface area (Å²) in [5.41, 5.74) is 2.07. The van der Waals surface area contributed by atoms with Crippen molar-refractivity contribution in [2.75, 3.05) is 26.2 Å². The van der Waals surface area contributed by atoms with Crippen LogP contribution in [0.5, 0.6) is 0 Å². The van der Waals surface area contributed by atoms with Gasteiger partial charge in [0.1, 0.15) is 5.01 Å². The lowest BCUT2D eigenvalue weighted by atomic mass is 10.0. The molecular weight excluding hydrogens is 346 g/mol. The molecular formula is C20H23N3O2S. The number of aromatic nitrogens is 1. The number of amides is 1. The molecule has 0 saturated carbocycles. The molecule has 2 heterocycles. The van der Waals surface area contributed by atoms with Crippen LogP contribution in [0.1, 0.15) is 38.8 Å². The number of benzene rings is 1. The van der Waals surface area contributed by atoms with E-state index in [0.717, 1.165) is 66.7 Å². The summed E-state index contributed by atoms with van der Waals surface area (Å²) in [6.45, 7) is 4.02. The molecule has 5 nitrogen and oxygen atoms in total. The molecule has 0 radical (unpaired) electrons. The van der Waals surface area contributed by atoms with Crippen molar-refractivity contribution in [1.29, 1.82) is 0 Å². The minimum absolute atomic E-state index is 0.200. The zero-order valence-corrected chi connectivity index (χ0v) is 15.6. The minimum atomic E-state index is 0.200. The fraction of sp³-hybridized carbons (Fsp3) is 0.450. The summed E-state index contributed by atoms with van der Waals surface area (Å²) in [7, 11) is 0. The predicted molar refractivity (Wildman–Crippen MR) is 101 cm³/mol. The van der Waals surface area contributed by atoms with Gasteiger partial charge in [-0.25, -0.2) is 4.98 Å². The van der Waals surface area contributed by atoms with Gasteiger partial charge in [0.25, 0.3) is 0 Å². The number of nitrogens with zero attached hydrogens (tertiary/aromatic N) is 3. The van der Waals surface area contributed by atoms with Gasteiger partial charge in [-0.1, -0.05) is 30.3 Å². The van der Waals surface area contributed by atoms with Crippen molar-refractivity contribution in [2.45, 2.75) is 32.2 Å². The Hall–Kier alpha value is -2.05. The highest BCUT2D eigenvalue weighted by Gasteiger charge is 2.25. The fourth-order valence-electron chi connectivity index (χ4n) is 3.61. The van der Waals surface area contributed by atoms with Gasteiger partial charge in [0.2, 0.25) is 5.91 Å². The smallest absolute Gasteiger partial charge is 0.227 e. The molecule has 0 N–H and O–H groups in total. The maximum Gasteiger partial charge on any atom is 0.227 e. The van der Waals surface area contributed by atoms with Gasteiger partial charge in [-0.3, -0.25) is 14.5 Å². The maximum absolute atomic E-state index is 12.5. The molecule has 0 atom stereocenters. The van der Waals surface area contributed by atoms with E-state index in [-0.39, 0.29) is 11.7 Å². The summed E-state index contributed by atoms with van der Waals surface area (Å²) in [5.74, 6) is 0.456. The quantitative estimate of drug-likeness (QED) is 0.831. The molecule has 0 bridgehead atoms. The van der Waals surface area contributed by atoms with Crippen LogP contribution in [0.25, 0.3) is 0 Å². The molecule has 0 unspecified atom stereocenters. The van der Waals surface area contributed by atoms with Crippen molar-refractivity contribution in [3.63, 3.8) is 0 Å². The van der Waals surface area contributed by atoms with Gasteiger partial charge in [-0.05, 0) is 18.4 Å². The first-order valence-corrected chi connectivity index (χ1v) is 10.1. The van der Waals surface area contributed by atoms with Gasteiger partial charge >= 0.3 is 0 Å². The highest BCUT2D eigenvalue weighted by Crippen LogP contribution is 2.27. The third-order valence-electron chi connectivity index (χ3n) is 5.09. The van der Waals surface area contributed by atoms with Crippen molar-refractivity contribution >= 4 is 23.0 Å². The van der Waals surface area contributed by atoms with Crippen molar-refractivity contribution in [3.8, 4) is 0 Å². The number of piperazine rings is 1. The van der Waals surface area contributed by atoms with E-state index >= 15 is 0 Å². The van der Waals surface area contributed by atoms with Gasteiger partial charge in [-0.15, -0.1) is 11.3 Å². The van der Waals surface area contributed by atoms with Gasteiger partial charge in [-0.2, -0.15) is 0 Å². The largest absolute Gasteiger partial charge is 0.340 e. The minimum Gasteiger partial charge on any atom is -0.340 e. The van der Waals surface area contributed by atoms with Crippen LogP contribution in [0, 0.1) is 0 Å². The number of fused-ring (bicyclic) bond motifs is 1. The summed E-state index contributed by atoms with van der Waals surface area (Å²) < 4.78 is 0. The van der Waals surface area contributed by atoms with Crippen molar-refractivity contribution in [1.82, 2.24) is 14.8 Å². The van der Waals surface area contributed by atoms with Crippen molar-refractivity contribution in [3.05, 3.63) is 51.5 Å². The number of rotatable bonds is 4. The topological polar surface area (TPSA) is 53.5 Å². The van der Waals surface area contributed by atoms with Crippen LogP contribution in [0.2, 0.25) is 0 Å². The number of carbonyl (C=O) groups is 2. The molecule has 2 aliphatic rings. The van der Waals surface area contributed by atoms with E-state index in [4.69, 9.17) is 0 Å². The average Bonchev–Trinajstić information content (AvgIpc) is 3.07. The SMILES string of the molecule is O=C1CCCc2nc(CN3CCN(C(=O)Cc4ccccc4)CC3)sc21. The van der Waals surface area contributed by atoms with E-state index in [9.17, 15) is 9.59 Å². The number of hydrogen-bond acceptors (Lipinski definition) is 5. The Morgan fingerprint density at radius 1 is 1.08 bits per heavy atom. The first-order chi connectivity index (χ1) is 12.7. The molecule has 2 aromatic rings. The van der Waals surface area contributed by atoms with Crippen LogP contribution in [-0.2, 0) is 24.2 Å². The van der Waals surface area contributed by atoms with E-state index in [2.05, 4.69) is 9.88 Å². The van der Waals surface area contributed by atoms with Crippen LogP contribution in [0.15, 0.2) is 30.3 Å². The third-order valence-corrected chi connectivity index (χ3v) is 6.22. The summed E-state index contributed by atoms with van der Waals surface area (Å²) in [6, 6.07) is 9.91. The lowest BCUT2D eigenvalue weighted by Crippen LogP contribution is -2.48. The highest BCUT2D eigenvalue weighted by atomic mass is 32.1. The van der Waals surface area contributed by atoms with E-state index < -0.39 is 0 Å². The number of Topliss-reactive ketones (excluding diaryl/α,β-unsaturated/α-hetero) is 1. The summed E-state index contributed by atoms with van der Waals surface area (Å²) >= 11 is 1.56. The first-order valence-electron chi connectivity index (χ1n) is 9.25. The summed E-state index contributed by atoms with van der Waals surface area (Å²) in [6.07, 6.45) is 3.00. The van der Waals surface area contributed by atoms with Crippen LogP contribution >= 0.6 is 11.3 Å². The zero-order chi connectivity index (χ0) is 17.9. The number of aryl methyl sites for hydroxylation is 1. The average molecular weight is 369 g/mol. The molecule has 26 heavy (non-hydrogen) atoms. The Morgan fingerprint density at radius 3 is 2.58 bits per heavy atom. The van der Waals surface area contributed by atoms with Crippen LogP contribution in [-0.4, -0.2) is 52.7 Å². The number of thiazole rings is 1. The second-order valence-electron chi connectivity index (χ2n) is 6.98. The lowest BCUT2D eigenvalue weighted by Gasteiger charge is -2.34. The first kappa shape index (κ1) is 17.4. The molecule has 4 rings (SSSR count). The molecule has 136 valence electrons. The molecule has 1 aliphatic carbocycles. The van der Waals surface area contributed by atoms with E-state index in [0.29, 0.717) is 12.8 Å². The highest BCUT2D eigenvalue weighted by molar-refractivity contribution is 7.13. The monoisotopic (exact) mass is 369 g/mol. The van der Waals surface area contributed by atoms with Crippen LogP contribution in [0.4, 0.5) is 0 Å². The Kier molecular flexibility index (Phi) is 5.13. The lowest BCUT2D eigenvalue weighted by molar-refractivity contribution is -0.132. The van der Waals surface area contributed by atoms with E-state index in [1.165, 1.54) is 0 Å². The normalized spacial score (nSPS) is 18.0.